The molecule has 0 bridgehead atoms. The van der Waals surface area contributed by atoms with E-state index in [1.807, 2.05) is 5.38 Å². The third kappa shape index (κ3) is 3.77. The van der Waals surface area contributed by atoms with Crippen molar-refractivity contribution in [2.45, 2.75) is 32.6 Å². The van der Waals surface area contributed by atoms with Crippen LogP contribution in [0.4, 0.5) is 5.13 Å². The van der Waals surface area contributed by atoms with Crippen molar-refractivity contribution in [3.63, 3.8) is 0 Å². The zero-order chi connectivity index (χ0) is 17.9. The van der Waals surface area contributed by atoms with Crippen molar-refractivity contribution >= 4 is 22.4 Å². The van der Waals surface area contributed by atoms with Gasteiger partial charge in [-0.1, -0.05) is 12.1 Å². The van der Waals surface area contributed by atoms with Crippen LogP contribution in [-0.4, -0.2) is 22.7 Å². The van der Waals surface area contributed by atoms with E-state index in [2.05, 4.69) is 33.7 Å². The van der Waals surface area contributed by atoms with E-state index in [0.717, 1.165) is 17.7 Å². The van der Waals surface area contributed by atoms with E-state index in [1.54, 1.807) is 13.0 Å². The van der Waals surface area contributed by atoms with Crippen LogP contribution in [0.3, 0.4) is 0 Å². The van der Waals surface area contributed by atoms with Gasteiger partial charge in [0, 0.05) is 17.0 Å². The van der Waals surface area contributed by atoms with Gasteiger partial charge in [0.1, 0.15) is 5.76 Å². The first-order valence-corrected chi connectivity index (χ1v) is 9.49. The summed E-state index contributed by atoms with van der Waals surface area (Å²) in [6.45, 7) is 1.62. The maximum absolute atomic E-state index is 12.0. The van der Waals surface area contributed by atoms with Gasteiger partial charge in [-0.3, -0.25) is 10.1 Å². The van der Waals surface area contributed by atoms with Crippen LogP contribution in [-0.2, 0) is 17.6 Å². The van der Waals surface area contributed by atoms with Gasteiger partial charge in [-0.25, -0.2) is 4.98 Å². The molecule has 1 aromatic carbocycles. The van der Waals surface area contributed by atoms with Crippen LogP contribution in [0, 0.1) is 6.92 Å². The number of ether oxygens (including phenoxy) is 1. The summed E-state index contributed by atoms with van der Waals surface area (Å²) in [4.78, 5) is 16.5. The van der Waals surface area contributed by atoms with Crippen LogP contribution in [0.25, 0.3) is 11.3 Å². The molecule has 3 aromatic rings. The lowest BCUT2D eigenvalue weighted by atomic mass is 9.90. The first-order valence-electron chi connectivity index (χ1n) is 8.61. The summed E-state index contributed by atoms with van der Waals surface area (Å²) in [6, 6.07) is 8.17. The molecule has 2 heterocycles. The highest BCUT2D eigenvalue weighted by atomic mass is 32.1. The fraction of sp³-hybridized carbons (Fsp3) is 0.316. The average molecular weight is 369 g/mol. The quantitative estimate of drug-likeness (QED) is 0.735. The Balaban J connectivity index is 1.39. The Hall–Kier alpha value is -2.67. The fourth-order valence-corrected chi connectivity index (χ4v) is 3.80. The molecule has 2 aromatic heterocycles. The largest absolute Gasteiger partial charge is 0.465 e. The summed E-state index contributed by atoms with van der Waals surface area (Å²) >= 11 is 1.40. The molecule has 0 fully saturated rings. The summed E-state index contributed by atoms with van der Waals surface area (Å²) in [5.41, 5.74) is 4.84. The minimum absolute atomic E-state index is 0.139. The van der Waals surface area contributed by atoms with Gasteiger partial charge in [-0.15, -0.1) is 11.3 Å². The Morgan fingerprint density at radius 1 is 1.27 bits per heavy atom. The van der Waals surface area contributed by atoms with Crippen LogP contribution in [0.2, 0.25) is 0 Å². The number of amides is 1. The van der Waals surface area contributed by atoms with Gasteiger partial charge in [-0.2, -0.15) is 0 Å². The molecule has 0 saturated carbocycles. The minimum atomic E-state index is -0.281. The lowest BCUT2D eigenvalue weighted by Gasteiger charge is -2.16. The number of rotatable bonds is 5. The smallest absolute Gasteiger partial charge is 0.264 e. The summed E-state index contributed by atoms with van der Waals surface area (Å²) < 4.78 is 10.2. The Kier molecular flexibility index (Phi) is 4.71. The Morgan fingerprint density at radius 2 is 2.12 bits per heavy atom. The molecule has 0 unspecified atom stereocenters. The second-order valence-corrected chi connectivity index (χ2v) is 7.20. The van der Waals surface area contributed by atoms with Crippen LogP contribution >= 0.6 is 11.3 Å². The van der Waals surface area contributed by atoms with E-state index in [0.29, 0.717) is 16.8 Å². The summed E-state index contributed by atoms with van der Waals surface area (Å²) in [6.07, 6.45) is 4.82. The molecule has 6 nitrogen and oxygen atoms in total. The number of aryl methyl sites for hydroxylation is 3. The highest BCUT2D eigenvalue weighted by Crippen LogP contribution is 2.29. The summed E-state index contributed by atoms with van der Waals surface area (Å²) in [5, 5.41) is 8.96. The topological polar surface area (TPSA) is 77.2 Å². The molecule has 134 valence electrons. The molecule has 1 N–H and O–H groups in total. The molecule has 0 spiro atoms. The summed E-state index contributed by atoms with van der Waals surface area (Å²) in [7, 11) is 0. The summed E-state index contributed by atoms with van der Waals surface area (Å²) in [5.74, 6) is 0.651. The van der Waals surface area contributed by atoms with E-state index >= 15 is 0 Å². The number of benzene rings is 1. The number of hydrogen-bond donors (Lipinski definition) is 1. The van der Waals surface area contributed by atoms with Gasteiger partial charge >= 0.3 is 0 Å². The minimum Gasteiger partial charge on any atom is -0.465 e. The van der Waals surface area contributed by atoms with Gasteiger partial charge < -0.3 is 9.26 Å². The third-order valence-electron chi connectivity index (χ3n) is 4.35. The van der Waals surface area contributed by atoms with Gasteiger partial charge in [-0.05, 0) is 55.0 Å². The number of carbonyl (C=O) groups is 1. The van der Waals surface area contributed by atoms with Crippen LogP contribution in [0.1, 0.15) is 29.7 Å². The Morgan fingerprint density at radius 3 is 2.92 bits per heavy atom. The number of thiazole rings is 1. The fourth-order valence-electron chi connectivity index (χ4n) is 3.06. The molecule has 1 amide bonds. The van der Waals surface area contributed by atoms with E-state index in [-0.39, 0.29) is 12.5 Å². The third-order valence-corrected chi connectivity index (χ3v) is 5.11. The Labute approximate surface area is 155 Å². The number of nitrogens with zero attached hydrogens (tertiary/aromatic N) is 2. The molecule has 1 aliphatic carbocycles. The molecule has 0 saturated heterocycles. The van der Waals surface area contributed by atoms with Gasteiger partial charge in [0.2, 0.25) is 0 Å². The monoisotopic (exact) mass is 369 g/mol. The van der Waals surface area contributed by atoms with E-state index in [9.17, 15) is 4.79 Å². The van der Waals surface area contributed by atoms with Crippen molar-refractivity contribution in [1.82, 2.24) is 10.1 Å². The van der Waals surface area contributed by atoms with E-state index in [1.165, 1.54) is 41.7 Å². The molecule has 1 aliphatic rings. The predicted molar refractivity (Wildman–Crippen MR) is 99.6 cm³/mol. The predicted octanol–water partition coefficient (Wildman–Crippen LogP) is 4.00. The van der Waals surface area contributed by atoms with Gasteiger partial charge in [0.15, 0.2) is 11.7 Å². The second-order valence-electron chi connectivity index (χ2n) is 6.34. The lowest BCUT2D eigenvalue weighted by Crippen LogP contribution is -2.20. The van der Waals surface area contributed by atoms with Crippen molar-refractivity contribution in [2.24, 2.45) is 0 Å². The van der Waals surface area contributed by atoms with Crippen molar-refractivity contribution in [1.29, 1.82) is 0 Å². The second kappa shape index (κ2) is 7.29. The Bertz CT molecular complexity index is 932. The van der Waals surface area contributed by atoms with Crippen molar-refractivity contribution < 1.29 is 14.1 Å². The zero-order valence-corrected chi connectivity index (χ0v) is 15.3. The zero-order valence-electron chi connectivity index (χ0n) is 14.4. The molecule has 0 atom stereocenters. The number of nitrogens with one attached hydrogen (secondary N) is 1. The molecular weight excluding hydrogens is 350 g/mol. The molecule has 26 heavy (non-hydrogen) atoms. The molecular formula is C19H19N3O3S. The van der Waals surface area contributed by atoms with Crippen LogP contribution < -0.4 is 10.1 Å². The van der Waals surface area contributed by atoms with Crippen molar-refractivity contribution in [3.05, 3.63) is 46.5 Å². The van der Waals surface area contributed by atoms with Crippen LogP contribution in [0.5, 0.6) is 5.88 Å². The van der Waals surface area contributed by atoms with Crippen molar-refractivity contribution in [2.75, 3.05) is 11.9 Å². The van der Waals surface area contributed by atoms with Gasteiger partial charge in [0.05, 0.1) is 5.69 Å². The first kappa shape index (κ1) is 16.8. The number of aromatic nitrogens is 2. The van der Waals surface area contributed by atoms with E-state index < -0.39 is 0 Å². The van der Waals surface area contributed by atoms with Gasteiger partial charge in [0.25, 0.3) is 11.8 Å². The number of carbonyl (C=O) groups excluding carboxylic acids is 1. The molecule has 0 aliphatic heterocycles. The molecule has 4 rings (SSSR count). The molecule has 7 heteroatoms. The number of hydrogen-bond acceptors (Lipinski definition) is 6. The van der Waals surface area contributed by atoms with Crippen LogP contribution in [0.15, 0.2) is 34.2 Å². The maximum atomic E-state index is 12.0. The first-order chi connectivity index (χ1) is 12.7. The van der Waals surface area contributed by atoms with E-state index in [4.69, 9.17) is 9.26 Å². The number of fused-ring (bicyclic) bond motifs is 1. The standard InChI is InChI=1S/C19H19N3O3S/c1-12-8-18(22-25-12)24-10-17(23)21-19-20-16(11-26-19)15-7-6-13-4-2-3-5-14(13)9-15/h6-9,11H,2-5,10H2,1H3,(H,20,21,23). The average Bonchev–Trinajstić information content (AvgIpc) is 3.28. The highest BCUT2D eigenvalue weighted by molar-refractivity contribution is 7.14. The lowest BCUT2D eigenvalue weighted by molar-refractivity contribution is -0.118. The number of anilines is 1. The normalized spacial score (nSPS) is 13.3. The van der Waals surface area contributed by atoms with Crippen molar-refractivity contribution in [3.8, 4) is 17.1 Å². The SMILES string of the molecule is Cc1cc(OCC(=O)Nc2nc(-c3ccc4c(c3)CCCC4)cs2)no1. The molecule has 0 radical (unpaired) electrons. The maximum Gasteiger partial charge on any atom is 0.264 e. The highest BCUT2D eigenvalue weighted by Gasteiger charge is 2.13.